The third-order valence-corrected chi connectivity index (χ3v) is 3.98. The highest BCUT2D eigenvalue weighted by Crippen LogP contribution is 2.44. The van der Waals surface area contributed by atoms with E-state index >= 15 is 0 Å². The van der Waals surface area contributed by atoms with E-state index in [1.807, 2.05) is 0 Å². The molecule has 1 aliphatic carbocycles. The molecule has 1 fully saturated rings. The average Bonchev–Trinajstić information content (AvgIpc) is 3.10. The monoisotopic (exact) mass is 297 g/mol. The third-order valence-electron chi connectivity index (χ3n) is 3.98. The van der Waals surface area contributed by atoms with Crippen molar-refractivity contribution in [2.24, 2.45) is 0 Å². The van der Waals surface area contributed by atoms with E-state index in [0.29, 0.717) is 17.9 Å². The van der Waals surface area contributed by atoms with Crippen LogP contribution in [0.25, 0.3) is 0 Å². The first-order valence-electron chi connectivity index (χ1n) is 6.84. The van der Waals surface area contributed by atoms with Crippen molar-refractivity contribution < 1.29 is 19.2 Å². The van der Waals surface area contributed by atoms with Crippen LogP contribution in [0, 0.1) is 0 Å². The lowest BCUT2D eigenvalue weighted by Crippen LogP contribution is -2.39. The van der Waals surface area contributed by atoms with Gasteiger partial charge in [-0.2, -0.15) is 5.10 Å². The summed E-state index contributed by atoms with van der Waals surface area (Å²) >= 11 is 0. The summed E-state index contributed by atoms with van der Waals surface area (Å²) in [5.74, 6) is -1.89. The minimum absolute atomic E-state index is 0.240. The number of nitrogens with zero attached hydrogens (tertiary/aromatic N) is 3. The predicted octanol–water partition coefficient (Wildman–Crippen LogP) is 1.13. The van der Waals surface area contributed by atoms with Gasteiger partial charge in [0.15, 0.2) is 5.54 Å². The molecule has 22 heavy (non-hydrogen) atoms. The number of fused-ring (bicyclic) bond motifs is 1. The number of hydroxylamine groups is 2. The molecule has 0 atom stereocenters. The molecular weight excluding hydrogens is 286 g/mol. The molecule has 110 valence electrons. The van der Waals surface area contributed by atoms with Gasteiger partial charge in [0.25, 0.3) is 11.8 Å². The maximum Gasteiger partial charge on any atom is 0.360 e. The summed E-state index contributed by atoms with van der Waals surface area (Å²) in [4.78, 5) is 41.9. The first kappa shape index (κ1) is 12.8. The van der Waals surface area contributed by atoms with Crippen molar-refractivity contribution >= 4 is 17.8 Å². The van der Waals surface area contributed by atoms with E-state index in [2.05, 4.69) is 5.10 Å². The predicted molar refractivity (Wildman–Crippen MR) is 72.5 cm³/mol. The molecule has 1 aromatic carbocycles. The topological polar surface area (TPSA) is 81.5 Å². The molecule has 0 N–H and O–H groups in total. The second kappa shape index (κ2) is 4.27. The third kappa shape index (κ3) is 1.62. The van der Waals surface area contributed by atoms with Crippen molar-refractivity contribution in [3.8, 4) is 0 Å². The SMILES string of the molecule is O=C1c2ccccc2C(=O)N1OC(=O)C1(n2cccn2)CC1. The summed E-state index contributed by atoms with van der Waals surface area (Å²) in [6.45, 7) is 0. The molecule has 0 unspecified atom stereocenters. The molecule has 2 aromatic rings. The van der Waals surface area contributed by atoms with E-state index in [1.165, 1.54) is 16.8 Å². The van der Waals surface area contributed by atoms with Gasteiger partial charge in [-0.25, -0.2) is 4.79 Å². The van der Waals surface area contributed by atoms with Gasteiger partial charge in [0.1, 0.15) is 0 Å². The van der Waals surface area contributed by atoms with Crippen molar-refractivity contribution in [2.75, 3.05) is 0 Å². The molecule has 1 aliphatic heterocycles. The fraction of sp³-hybridized carbons (Fsp3) is 0.200. The van der Waals surface area contributed by atoms with Crippen LogP contribution in [-0.2, 0) is 15.2 Å². The Bertz CT molecular complexity index is 758. The van der Waals surface area contributed by atoms with Crippen molar-refractivity contribution in [1.82, 2.24) is 14.8 Å². The minimum atomic E-state index is -0.904. The van der Waals surface area contributed by atoms with Gasteiger partial charge < -0.3 is 4.84 Å². The molecule has 1 saturated carbocycles. The van der Waals surface area contributed by atoms with Gasteiger partial charge in [-0.3, -0.25) is 14.3 Å². The quantitative estimate of drug-likeness (QED) is 0.793. The second-order valence-corrected chi connectivity index (χ2v) is 5.31. The lowest BCUT2D eigenvalue weighted by molar-refractivity contribution is -0.174. The molecule has 4 rings (SSSR count). The number of rotatable bonds is 3. The molecule has 2 heterocycles. The summed E-state index contributed by atoms with van der Waals surface area (Å²) in [5, 5.41) is 4.59. The second-order valence-electron chi connectivity index (χ2n) is 5.31. The van der Waals surface area contributed by atoms with E-state index in [1.54, 1.807) is 30.6 Å². The van der Waals surface area contributed by atoms with Gasteiger partial charge in [-0.15, -0.1) is 0 Å². The highest BCUT2D eigenvalue weighted by Gasteiger charge is 2.56. The Morgan fingerprint density at radius 3 is 2.23 bits per heavy atom. The summed E-state index contributed by atoms with van der Waals surface area (Å²) in [5.41, 5.74) is -0.424. The summed E-state index contributed by atoms with van der Waals surface area (Å²) in [6.07, 6.45) is 4.36. The zero-order valence-electron chi connectivity index (χ0n) is 11.4. The number of benzene rings is 1. The number of hydrogen-bond acceptors (Lipinski definition) is 5. The highest BCUT2D eigenvalue weighted by atomic mass is 16.7. The Kier molecular flexibility index (Phi) is 2.47. The maximum atomic E-state index is 12.4. The van der Waals surface area contributed by atoms with Crippen LogP contribution in [0.1, 0.15) is 33.6 Å². The number of carbonyl (C=O) groups is 3. The van der Waals surface area contributed by atoms with Crippen molar-refractivity contribution in [1.29, 1.82) is 0 Å². The Morgan fingerprint density at radius 1 is 1.09 bits per heavy atom. The smallest absolute Gasteiger partial charge is 0.327 e. The molecular formula is C15H11N3O4. The van der Waals surface area contributed by atoms with E-state index in [9.17, 15) is 14.4 Å². The van der Waals surface area contributed by atoms with Crippen LogP contribution in [0.2, 0.25) is 0 Å². The maximum absolute atomic E-state index is 12.4. The zero-order valence-corrected chi connectivity index (χ0v) is 11.4. The standard InChI is InChI=1S/C15H11N3O4/c19-12-10-4-1-2-5-11(10)13(20)18(12)22-14(21)15(6-7-15)17-9-3-8-16-17/h1-5,8-9H,6-7H2. The molecule has 1 aromatic heterocycles. The van der Waals surface area contributed by atoms with Crippen LogP contribution in [0.4, 0.5) is 0 Å². The Morgan fingerprint density at radius 2 is 1.73 bits per heavy atom. The number of hydrogen-bond donors (Lipinski definition) is 0. The molecule has 0 radical (unpaired) electrons. The minimum Gasteiger partial charge on any atom is -0.327 e. The van der Waals surface area contributed by atoms with Crippen LogP contribution < -0.4 is 0 Å². The van der Waals surface area contributed by atoms with Gasteiger partial charge in [-0.05, 0) is 31.0 Å². The summed E-state index contributed by atoms with van der Waals surface area (Å²) in [6, 6.07) is 8.08. The summed E-state index contributed by atoms with van der Waals surface area (Å²) in [7, 11) is 0. The van der Waals surface area contributed by atoms with Gasteiger partial charge in [0, 0.05) is 12.4 Å². The van der Waals surface area contributed by atoms with Crippen LogP contribution in [0.3, 0.4) is 0 Å². The number of imide groups is 1. The molecule has 0 saturated heterocycles. The van der Waals surface area contributed by atoms with E-state index < -0.39 is 23.3 Å². The molecule has 7 nitrogen and oxygen atoms in total. The Balaban J connectivity index is 1.60. The van der Waals surface area contributed by atoms with Crippen LogP contribution in [-0.4, -0.2) is 32.6 Å². The molecule has 0 spiro atoms. The lowest BCUT2D eigenvalue weighted by Gasteiger charge is -2.18. The van der Waals surface area contributed by atoms with Crippen molar-refractivity contribution in [2.45, 2.75) is 18.4 Å². The average molecular weight is 297 g/mol. The van der Waals surface area contributed by atoms with Gasteiger partial charge in [0.2, 0.25) is 0 Å². The normalized spacial score (nSPS) is 18.3. The molecule has 7 heteroatoms. The number of aromatic nitrogens is 2. The molecule has 2 amide bonds. The van der Waals surface area contributed by atoms with Crippen LogP contribution >= 0.6 is 0 Å². The van der Waals surface area contributed by atoms with E-state index in [0.717, 1.165) is 0 Å². The fourth-order valence-electron chi connectivity index (χ4n) is 2.59. The van der Waals surface area contributed by atoms with Crippen LogP contribution in [0.15, 0.2) is 42.7 Å². The van der Waals surface area contributed by atoms with Gasteiger partial charge in [0.05, 0.1) is 11.1 Å². The first-order valence-corrected chi connectivity index (χ1v) is 6.84. The lowest BCUT2D eigenvalue weighted by atomic mass is 10.1. The zero-order chi connectivity index (χ0) is 15.3. The largest absolute Gasteiger partial charge is 0.360 e. The molecule has 0 bridgehead atoms. The van der Waals surface area contributed by atoms with Crippen molar-refractivity contribution in [3.63, 3.8) is 0 Å². The molecule has 2 aliphatic rings. The van der Waals surface area contributed by atoms with Gasteiger partial charge in [-0.1, -0.05) is 17.2 Å². The Hall–Kier alpha value is -2.96. The highest BCUT2D eigenvalue weighted by molar-refractivity contribution is 6.21. The summed E-state index contributed by atoms with van der Waals surface area (Å²) < 4.78 is 1.51. The number of amides is 2. The first-order chi connectivity index (χ1) is 10.6. The van der Waals surface area contributed by atoms with Crippen molar-refractivity contribution in [3.05, 3.63) is 53.9 Å². The van der Waals surface area contributed by atoms with E-state index in [-0.39, 0.29) is 11.1 Å². The Labute approximate surface area is 125 Å². The van der Waals surface area contributed by atoms with Gasteiger partial charge >= 0.3 is 5.97 Å². The van der Waals surface area contributed by atoms with Crippen LogP contribution in [0.5, 0.6) is 0 Å². The fourth-order valence-corrected chi connectivity index (χ4v) is 2.59. The van der Waals surface area contributed by atoms with E-state index in [4.69, 9.17) is 4.84 Å². The number of carbonyl (C=O) groups excluding carboxylic acids is 3.